The maximum absolute atomic E-state index is 11.6. The quantitative estimate of drug-likeness (QED) is 0.761. The summed E-state index contributed by atoms with van der Waals surface area (Å²) in [5.74, 6) is 1.43. The topological polar surface area (TPSA) is 46.3 Å². The summed E-state index contributed by atoms with van der Waals surface area (Å²) in [7, 11) is 0. The van der Waals surface area contributed by atoms with E-state index in [2.05, 4.69) is 5.16 Å². The van der Waals surface area contributed by atoms with Crippen molar-refractivity contribution in [3.8, 4) is 0 Å². The smallest absolute Gasteiger partial charge is 0.238 e. The minimum atomic E-state index is -0.0716. The molecule has 1 heterocycles. The molecule has 1 aromatic heterocycles. The van der Waals surface area contributed by atoms with Gasteiger partial charge in [0, 0.05) is 18.0 Å². The number of carbonyl (C=O) groups excluding carboxylic acids is 1. The molecule has 0 unspecified atom stereocenters. The van der Waals surface area contributed by atoms with Crippen molar-refractivity contribution in [2.45, 2.75) is 45.2 Å². The molecule has 0 aliphatic heterocycles. The van der Waals surface area contributed by atoms with Crippen LogP contribution >= 0.6 is 11.6 Å². The Morgan fingerprint density at radius 1 is 1.65 bits per heavy atom. The number of halogens is 1. The predicted molar refractivity (Wildman–Crippen MR) is 64.9 cm³/mol. The average Bonchev–Trinajstić information content (AvgIpc) is 3.05. The monoisotopic (exact) mass is 256 g/mol. The van der Waals surface area contributed by atoms with Gasteiger partial charge < -0.3 is 9.42 Å². The molecular weight excluding hydrogens is 240 g/mol. The SMILES string of the molecule is CC(C)N(Cc1cc(C2CC2)on1)C(=O)CCl. The largest absolute Gasteiger partial charge is 0.361 e. The molecule has 0 radical (unpaired) electrons. The highest BCUT2D eigenvalue weighted by Crippen LogP contribution is 2.40. The summed E-state index contributed by atoms with van der Waals surface area (Å²) >= 11 is 5.59. The summed E-state index contributed by atoms with van der Waals surface area (Å²) in [6.45, 7) is 4.40. The summed E-state index contributed by atoms with van der Waals surface area (Å²) in [6, 6.07) is 2.07. The highest BCUT2D eigenvalue weighted by Gasteiger charge is 2.28. The number of aromatic nitrogens is 1. The molecule has 4 nitrogen and oxygen atoms in total. The lowest BCUT2D eigenvalue weighted by molar-refractivity contribution is -0.130. The van der Waals surface area contributed by atoms with Crippen molar-refractivity contribution in [3.63, 3.8) is 0 Å². The van der Waals surface area contributed by atoms with Crippen LogP contribution in [-0.4, -0.2) is 27.9 Å². The van der Waals surface area contributed by atoms with Gasteiger partial charge in [0.2, 0.25) is 5.91 Å². The van der Waals surface area contributed by atoms with Crippen molar-refractivity contribution in [1.29, 1.82) is 0 Å². The Balaban J connectivity index is 2.02. The minimum absolute atomic E-state index is 0.00547. The van der Waals surface area contributed by atoms with Gasteiger partial charge in [0.25, 0.3) is 0 Å². The summed E-state index contributed by atoms with van der Waals surface area (Å²) in [4.78, 5) is 13.4. The van der Waals surface area contributed by atoms with Crippen LogP contribution in [0.15, 0.2) is 10.6 Å². The maximum Gasteiger partial charge on any atom is 0.238 e. The second-order valence-corrected chi connectivity index (χ2v) is 5.01. The molecule has 1 saturated carbocycles. The normalized spacial score (nSPS) is 15.3. The van der Waals surface area contributed by atoms with E-state index >= 15 is 0 Å². The van der Waals surface area contributed by atoms with Gasteiger partial charge in [-0.15, -0.1) is 11.6 Å². The Kier molecular flexibility index (Phi) is 3.72. The van der Waals surface area contributed by atoms with Gasteiger partial charge in [0.1, 0.15) is 17.3 Å². The van der Waals surface area contributed by atoms with Gasteiger partial charge in [-0.05, 0) is 26.7 Å². The summed E-state index contributed by atoms with van der Waals surface area (Å²) in [6.07, 6.45) is 2.37. The molecular formula is C12H17ClN2O2. The Morgan fingerprint density at radius 2 is 2.35 bits per heavy atom. The van der Waals surface area contributed by atoms with E-state index in [4.69, 9.17) is 16.1 Å². The number of nitrogens with zero attached hydrogens (tertiary/aromatic N) is 2. The summed E-state index contributed by atoms with van der Waals surface area (Å²) in [5.41, 5.74) is 0.805. The van der Waals surface area contributed by atoms with Crippen molar-refractivity contribution < 1.29 is 9.32 Å². The van der Waals surface area contributed by atoms with E-state index in [1.54, 1.807) is 4.90 Å². The number of carbonyl (C=O) groups is 1. The lowest BCUT2D eigenvalue weighted by Gasteiger charge is -2.24. The van der Waals surface area contributed by atoms with E-state index < -0.39 is 0 Å². The number of hydrogen-bond acceptors (Lipinski definition) is 3. The van der Waals surface area contributed by atoms with E-state index in [0.717, 1.165) is 11.5 Å². The zero-order valence-electron chi connectivity index (χ0n) is 10.1. The highest BCUT2D eigenvalue weighted by atomic mass is 35.5. The summed E-state index contributed by atoms with van der Waals surface area (Å²) in [5, 5.41) is 4.00. The van der Waals surface area contributed by atoms with Gasteiger partial charge in [-0.2, -0.15) is 0 Å². The van der Waals surface area contributed by atoms with E-state index in [9.17, 15) is 4.79 Å². The Labute approximate surface area is 106 Å². The van der Waals surface area contributed by atoms with Gasteiger partial charge >= 0.3 is 0 Å². The lowest BCUT2D eigenvalue weighted by atomic mass is 10.2. The fourth-order valence-corrected chi connectivity index (χ4v) is 1.93. The second-order valence-electron chi connectivity index (χ2n) is 4.74. The molecule has 17 heavy (non-hydrogen) atoms. The van der Waals surface area contributed by atoms with E-state index in [-0.39, 0.29) is 17.8 Å². The van der Waals surface area contributed by atoms with Crippen LogP contribution in [-0.2, 0) is 11.3 Å². The molecule has 1 aromatic rings. The third-order valence-corrected chi connectivity index (χ3v) is 3.18. The Bertz CT molecular complexity index is 399. The van der Waals surface area contributed by atoms with Crippen molar-refractivity contribution in [2.24, 2.45) is 0 Å². The molecule has 0 N–H and O–H groups in total. The first-order chi connectivity index (χ1) is 8.11. The first-order valence-electron chi connectivity index (χ1n) is 5.92. The fourth-order valence-electron chi connectivity index (χ4n) is 1.77. The van der Waals surface area contributed by atoms with Crippen LogP contribution in [0, 0.1) is 0 Å². The van der Waals surface area contributed by atoms with Gasteiger partial charge in [-0.1, -0.05) is 5.16 Å². The minimum Gasteiger partial charge on any atom is -0.361 e. The zero-order chi connectivity index (χ0) is 12.4. The van der Waals surface area contributed by atoms with Crippen molar-refractivity contribution in [2.75, 3.05) is 5.88 Å². The van der Waals surface area contributed by atoms with Crippen LogP contribution < -0.4 is 0 Å². The molecule has 1 fully saturated rings. The maximum atomic E-state index is 11.6. The Hall–Kier alpha value is -1.03. The molecule has 2 rings (SSSR count). The van der Waals surface area contributed by atoms with Gasteiger partial charge in [-0.25, -0.2) is 0 Å². The molecule has 1 aliphatic rings. The second kappa shape index (κ2) is 5.08. The number of hydrogen-bond donors (Lipinski definition) is 0. The van der Waals surface area contributed by atoms with Crippen LogP contribution in [0.4, 0.5) is 0 Å². The van der Waals surface area contributed by atoms with Crippen LogP contribution in [0.2, 0.25) is 0 Å². The molecule has 0 saturated heterocycles. The Morgan fingerprint density at radius 3 is 2.88 bits per heavy atom. The first-order valence-corrected chi connectivity index (χ1v) is 6.46. The average molecular weight is 257 g/mol. The standard InChI is InChI=1S/C12H17ClN2O2/c1-8(2)15(12(16)6-13)7-10-5-11(17-14-10)9-3-4-9/h5,8-9H,3-4,6-7H2,1-2H3. The first kappa shape index (κ1) is 12.4. The van der Waals surface area contributed by atoms with E-state index in [1.165, 1.54) is 12.8 Å². The van der Waals surface area contributed by atoms with Crippen molar-refractivity contribution in [1.82, 2.24) is 10.1 Å². The van der Waals surface area contributed by atoms with Crippen LogP contribution in [0.1, 0.15) is 44.1 Å². The molecule has 0 spiro atoms. The van der Waals surface area contributed by atoms with Crippen LogP contribution in [0.5, 0.6) is 0 Å². The molecule has 94 valence electrons. The third-order valence-electron chi connectivity index (χ3n) is 2.95. The van der Waals surface area contributed by atoms with Crippen molar-refractivity contribution in [3.05, 3.63) is 17.5 Å². The fraction of sp³-hybridized carbons (Fsp3) is 0.667. The molecule has 0 atom stereocenters. The summed E-state index contributed by atoms with van der Waals surface area (Å²) < 4.78 is 5.26. The lowest BCUT2D eigenvalue weighted by Crippen LogP contribution is -2.37. The van der Waals surface area contributed by atoms with Crippen LogP contribution in [0.3, 0.4) is 0 Å². The molecule has 0 aromatic carbocycles. The molecule has 1 amide bonds. The highest BCUT2D eigenvalue weighted by molar-refractivity contribution is 6.27. The van der Waals surface area contributed by atoms with Crippen LogP contribution in [0.25, 0.3) is 0 Å². The number of alkyl halides is 1. The van der Waals surface area contributed by atoms with E-state index in [0.29, 0.717) is 12.5 Å². The van der Waals surface area contributed by atoms with Gasteiger partial charge in [-0.3, -0.25) is 4.79 Å². The van der Waals surface area contributed by atoms with Crippen molar-refractivity contribution >= 4 is 17.5 Å². The van der Waals surface area contributed by atoms with Gasteiger partial charge in [0.05, 0.1) is 6.54 Å². The third kappa shape index (κ3) is 3.00. The predicted octanol–water partition coefficient (Wildman–Crippen LogP) is 2.53. The molecule has 1 aliphatic carbocycles. The van der Waals surface area contributed by atoms with E-state index in [1.807, 2.05) is 19.9 Å². The molecule has 0 bridgehead atoms. The zero-order valence-corrected chi connectivity index (χ0v) is 10.9. The van der Waals surface area contributed by atoms with Gasteiger partial charge in [0.15, 0.2) is 0 Å². The number of amides is 1. The number of rotatable bonds is 5. The molecule has 5 heteroatoms.